The molecule has 0 aliphatic heterocycles. The third-order valence-corrected chi connectivity index (χ3v) is 0. The first-order chi connectivity index (χ1) is 4.15. The van der Waals surface area contributed by atoms with Crippen molar-refractivity contribution in [2.45, 2.75) is 0 Å². The van der Waals surface area contributed by atoms with Crippen LogP contribution in [-0.2, 0) is 0 Å². The van der Waals surface area contributed by atoms with Gasteiger partial charge in [-0.3, -0.25) is 0 Å². The fraction of sp³-hybridized carbons (Fsp3) is 0.667. The van der Waals surface area contributed by atoms with Crippen molar-refractivity contribution in [2.75, 3.05) is 14.0 Å². The predicted octanol–water partition coefficient (Wildman–Crippen LogP) is 0.340. The summed E-state index contributed by atoms with van der Waals surface area (Å²) >= 11 is 0. The van der Waals surface area contributed by atoms with E-state index in [0.717, 1.165) is 0 Å². The Morgan fingerprint density at radius 2 is 2.50 bits per heavy atom. The number of rotatable bonds is 0. The number of nitrogens with zero attached hydrogens (tertiary/aromatic N) is 1. The average Bonchev–Trinajstić information content (AvgIpc) is 1.59. The second kappa shape index (κ2) is 1.30. The summed E-state index contributed by atoms with van der Waals surface area (Å²) in [6.07, 6.45) is 0. The lowest BCUT2D eigenvalue weighted by Gasteiger charge is -1.89. The molecule has 0 heterocycles. The van der Waals surface area contributed by atoms with Gasteiger partial charge >= 0.3 is 0 Å². The summed E-state index contributed by atoms with van der Waals surface area (Å²) in [7, 11) is 2.89. The monoisotopic (exact) mass is 64.1 g/mol. The molecule has 0 aromatic heterocycles. The van der Waals surface area contributed by atoms with Gasteiger partial charge in [0.2, 0.25) is 0 Å². The molecule has 1 radical (unpaired) electrons. The van der Waals surface area contributed by atoms with Gasteiger partial charge in [-0.1, -0.05) is 0 Å². The Morgan fingerprint density at radius 3 is 2.50 bits per heavy atom. The summed E-state index contributed by atoms with van der Waals surface area (Å²) in [6, 6.07) is 0. The molecule has 0 aliphatic rings. The van der Waals surface area contributed by atoms with E-state index in [9.17, 15) is 0 Å². The van der Waals surface area contributed by atoms with Gasteiger partial charge in [0.1, 0.15) is 0 Å². The first-order valence-corrected chi connectivity index (χ1v) is 0.763. The highest BCUT2D eigenvalue weighted by molar-refractivity contribution is 4.22. The van der Waals surface area contributed by atoms with Gasteiger partial charge < -0.3 is 4.90 Å². The van der Waals surface area contributed by atoms with E-state index < -0.39 is 14.0 Å². The van der Waals surface area contributed by atoms with Crippen molar-refractivity contribution in [1.29, 1.82) is 0 Å². The second-order valence-corrected chi connectivity index (χ2v) is 0.428. The van der Waals surface area contributed by atoms with Gasteiger partial charge in [0.15, 0.2) is 0 Å². The zero-order valence-corrected chi connectivity index (χ0v) is 2.15. The molecule has 0 unspecified atom stereocenters. The van der Waals surface area contributed by atoms with Gasteiger partial charge in [-0.15, -0.1) is 0 Å². The summed E-state index contributed by atoms with van der Waals surface area (Å²) < 4.78 is 39.8. The van der Waals surface area contributed by atoms with Crippen LogP contribution in [-0.4, -0.2) is 18.9 Å². The molecule has 0 aromatic rings. The molecule has 0 aromatic carbocycles. The SMILES string of the molecule is [2H]C([2H])([2H])N([CH2])C([2H])([2H])[2H]. The summed E-state index contributed by atoms with van der Waals surface area (Å²) in [6.45, 7) is -5.30. The van der Waals surface area contributed by atoms with Crippen LogP contribution in [0.5, 0.6) is 0 Å². The van der Waals surface area contributed by atoms with Crippen molar-refractivity contribution in [1.82, 2.24) is 4.90 Å². The topological polar surface area (TPSA) is 3.24 Å². The van der Waals surface area contributed by atoms with Gasteiger partial charge in [-0.2, -0.15) is 0 Å². The molecule has 1 nitrogen and oxygen atoms in total. The zero-order valence-electron chi connectivity index (χ0n) is 8.15. The highest BCUT2D eigenvalue weighted by Crippen LogP contribution is 1.53. The van der Waals surface area contributed by atoms with Crippen LogP contribution in [0.3, 0.4) is 0 Å². The van der Waals surface area contributed by atoms with E-state index in [4.69, 9.17) is 8.22 Å². The molecule has 25 valence electrons. The van der Waals surface area contributed by atoms with Crippen molar-refractivity contribution in [3.05, 3.63) is 7.05 Å². The Morgan fingerprint density at radius 1 is 2.00 bits per heavy atom. The highest BCUT2D eigenvalue weighted by Gasteiger charge is 1.58. The lowest BCUT2D eigenvalue weighted by molar-refractivity contribution is 0.557. The fourth-order valence-electron chi connectivity index (χ4n) is 0. The largest absolute Gasteiger partial charge is 0.308 e. The van der Waals surface area contributed by atoms with Crippen LogP contribution in [0, 0.1) is 7.05 Å². The molecule has 0 saturated heterocycles. The van der Waals surface area contributed by atoms with Gasteiger partial charge in [-0.05, 0) is 14.0 Å². The summed E-state index contributed by atoms with van der Waals surface area (Å²) in [4.78, 5) is 0.125. The second-order valence-electron chi connectivity index (χ2n) is 0.428. The Kier molecular flexibility index (Phi) is 0.140. The van der Waals surface area contributed by atoms with Gasteiger partial charge in [0.05, 0.1) is 0 Å². The molecular weight excluding hydrogens is 50.0 g/mol. The van der Waals surface area contributed by atoms with Crippen LogP contribution < -0.4 is 0 Å². The van der Waals surface area contributed by atoms with E-state index >= 15 is 0 Å². The van der Waals surface area contributed by atoms with E-state index in [0.29, 0.717) is 0 Å². The maximum absolute atomic E-state index is 6.63. The van der Waals surface area contributed by atoms with Gasteiger partial charge in [0.25, 0.3) is 0 Å². The van der Waals surface area contributed by atoms with Crippen LogP contribution >= 0.6 is 0 Å². The van der Waals surface area contributed by atoms with E-state index in [1.54, 1.807) is 0 Å². The summed E-state index contributed by atoms with van der Waals surface area (Å²) in [5.41, 5.74) is 0. The minimum absolute atomic E-state index is 0.125. The zero-order chi connectivity index (χ0) is 8.58. The Balaban J connectivity index is 4.23. The van der Waals surface area contributed by atoms with Crippen LogP contribution in [0.4, 0.5) is 0 Å². The first-order valence-electron chi connectivity index (χ1n) is 3.76. The highest BCUT2D eigenvalue weighted by atomic mass is 15.0. The van der Waals surface area contributed by atoms with Crippen molar-refractivity contribution in [3.63, 3.8) is 0 Å². The minimum Gasteiger partial charge on any atom is -0.308 e. The van der Waals surface area contributed by atoms with Crippen LogP contribution in [0.2, 0.25) is 0 Å². The van der Waals surface area contributed by atoms with E-state index in [1.165, 1.54) is 0 Å². The van der Waals surface area contributed by atoms with Crippen LogP contribution in [0.15, 0.2) is 0 Å². The fourth-order valence-corrected chi connectivity index (χ4v) is 0. The maximum atomic E-state index is 6.63. The average molecular weight is 64.1 g/mol. The van der Waals surface area contributed by atoms with Crippen LogP contribution in [0.25, 0.3) is 0 Å². The normalized spacial score (nSPS) is 37.5. The first kappa shape index (κ1) is 0.432. The van der Waals surface area contributed by atoms with Crippen molar-refractivity contribution >= 4 is 0 Å². The third-order valence-electron chi connectivity index (χ3n) is 0. The quantitative estimate of drug-likeness (QED) is 0.392. The van der Waals surface area contributed by atoms with Gasteiger partial charge in [0, 0.05) is 15.3 Å². The predicted molar refractivity (Wildman–Crippen MR) is 19.0 cm³/mol. The molecule has 0 fully saturated rings. The molecular formula is C3H8N. The standard InChI is InChI=1S/C3H8N/c1-4(2)3/h1H2,2-3H3/i2D3,3D3. The molecule has 0 aliphatic carbocycles. The van der Waals surface area contributed by atoms with Crippen molar-refractivity contribution in [2.24, 2.45) is 0 Å². The van der Waals surface area contributed by atoms with E-state index in [2.05, 4.69) is 7.05 Å². The van der Waals surface area contributed by atoms with Crippen molar-refractivity contribution < 1.29 is 8.22 Å². The van der Waals surface area contributed by atoms with E-state index in [-0.39, 0.29) is 4.90 Å². The molecule has 0 N–H and O–H groups in total. The lowest BCUT2D eigenvalue weighted by Crippen LogP contribution is -1.95. The van der Waals surface area contributed by atoms with E-state index in [1.807, 2.05) is 0 Å². The smallest absolute Gasteiger partial charge is 0.0394 e. The summed E-state index contributed by atoms with van der Waals surface area (Å²) in [5.74, 6) is 0. The molecule has 1 heteroatoms. The van der Waals surface area contributed by atoms with Crippen molar-refractivity contribution in [3.8, 4) is 0 Å². The summed E-state index contributed by atoms with van der Waals surface area (Å²) in [5, 5.41) is 0. The Hall–Kier alpha value is -0.0400. The van der Waals surface area contributed by atoms with Crippen LogP contribution in [0.1, 0.15) is 8.22 Å². The number of hydrogen-bond acceptors (Lipinski definition) is 1. The minimum atomic E-state index is -2.65. The molecule has 0 saturated carbocycles. The molecule has 4 heavy (non-hydrogen) atoms. The molecule has 0 bridgehead atoms. The third kappa shape index (κ3) is 1130. The van der Waals surface area contributed by atoms with Gasteiger partial charge in [-0.25, -0.2) is 0 Å². The molecule has 0 amide bonds. The Bertz CT molecular complexity index is 97.1. The number of hydrogen-bond donors (Lipinski definition) is 0. The molecule has 0 spiro atoms. The lowest BCUT2D eigenvalue weighted by atomic mass is 11.0. The Labute approximate surface area is 35.7 Å². The molecule has 0 rings (SSSR count). The molecule has 0 atom stereocenters. The maximum Gasteiger partial charge on any atom is 0.0394 e.